The zero-order valence-corrected chi connectivity index (χ0v) is 18.7. The Hall–Kier alpha value is -2.49. The van der Waals surface area contributed by atoms with Gasteiger partial charge in [-0.25, -0.2) is 14.4 Å². The highest BCUT2D eigenvalue weighted by Gasteiger charge is 2.21. The number of aliphatic hydroxyl groups excluding tert-OH is 1. The molecular formula is C22H24BrFN4O3. The molecule has 1 fully saturated rings. The first-order valence-corrected chi connectivity index (χ1v) is 10.9. The normalized spacial score (nSPS) is 16.6. The van der Waals surface area contributed by atoms with Gasteiger partial charge in [-0.15, -0.1) is 0 Å². The van der Waals surface area contributed by atoms with E-state index in [9.17, 15) is 9.50 Å². The molecule has 0 bridgehead atoms. The van der Waals surface area contributed by atoms with E-state index in [1.165, 1.54) is 12.4 Å². The molecule has 1 aliphatic heterocycles. The van der Waals surface area contributed by atoms with Crippen molar-refractivity contribution in [3.8, 4) is 11.5 Å². The number of nitrogens with one attached hydrogen (secondary N) is 1. The standard InChI is InChI=1S/C22H24BrFN4O3/c1-30-19-11-15-18(12-20(19)31-9-3-8-28-7-2-4-21(28)29)25-13-26-22(15)27-17-6-5-14(23)10-16(17)24/h5-6,10-13,21,29H,2-4,7-9H2,1H3,(H,25,26,27). The van der Waals surface area contributed by atoms with Crippen molar-refractivity contribution in [2.24, 2.45) is 0 Å². The van der Waals surface area contributed by atoms with Crippen molar-refractivity contribution in [1.82, 2.24) is 14.9 Å². The topological polar surface area (TPSA) is 79.7 Å². The second-order valence-corrected chi connectivity index (χ2v) is 8.27. The van der Waals surface area contributed by atoms with Crippen LogP contribution >= 0.6 is 15.9 Å². The van der Waals surface area contributed by atoms with Crippen LogP contribution in [0.5, 0.6) is 11.5 Å². The maximum Gasteiger partial charge on any atom is 0.163 e. The molecule has 1 unspecified atom stereocenters. The van der Waals surface area contributed by atoms with Gasteiger partial charge in [0.1, 0.15) is 24.2 Å². The lowest BCUT2D eigenvalue weighted by Crippen LogP contribution is -2.30. The van der Waals surface area contributed by atoms with Crippen LogP contribution < -0.4 is 14.8 Å². The highest BCUT2D eigenvalue weighted by atomic mass is 79.9. The smallest absolute Gasteiger partial charge is 0.163 e. The van der Waals surface area contributed by atoms with E-state index in [0.717, 1.165) is 32.4 Å². The largest absolute Gasteiger partial charge is 0.493 e. The fourth-order valence-electron chi connectivity index (χ4n) is 3.67. The monoisotopic (exact) mass is 490 g/mol. The maximum atomic E-state index is 14.3. The predicted molar refractivity (Wildman–Crippen MR) is 120 cm³/mol. The predicted octanol–water partition coefficient (Wildman–Crippen LogP) is 4.47. The molecule has 1 saturated heterocycles. The number of ether oxygens (including phenoxy) is 2. The Bertz CT molecular complexity index is 1070. The van der Waals surface area contributed by atoms with E-state index in [2.05, 4.69) is 36.1 Å². The molecule has 0 amide bonds. The number of hydrogen-bond acceptors (Lipinski definition) is 7. The summed E-state index contributed by atoms with van der Waals surface area (Å²) in [5.41, 5.74) is 0.965. The molecular weight excluding hydrogens is 467 g/mol. The Balaban J connectivity index is 1.51. The van der Waals surface area contributed by atoms with Gasteiger partial charge in [-0.1, -0.05) is 15.9 Å². The number of aliphatic hydroxyl groups is 1. The minimum atomic E-state index is -0.392. The third-order valence-corrected chi connectivity index (χ3v) is 5.77. The second kappa shape index (κ2) is 9.76. The highest BCUT2D eigenvalue weighted by Crippen LogP contribution is 2.35. The molecule has 0 spiro atoms. The molecule has 1 aromatic heterocycles. The molecule has 2 aromatic carbocycles. The summed E-state index contributed by atoms with van der Waals surface area (Å²) in [5.74, 6) is 1.20. The Morgan fingerprint density at radius 2 is 2.13 bits per heavy atom. The van der Waals surface area contributed by atoms with Gasteiger partial charge in [0.25, 0.3) is 0 Å². The lowest BCUT2D eigenvalue weighted by Gasteiger charge is -2.20. The second-order valence-electron chi connectivity index (χ2n) is 7.35. The molecule has 31 heavy (non-hydrogen) atoms. The van der Waals surface area contributed by atoms with Crippen LogP contribution in [-0.4, -0.2) is 53.0 Å². The third kappa shape index (κ3) is 5.06. The molecule has 1 atom stereocenters. The van der Waals surface area contributed by atoms with Gasteiger partial charge in [0.2, 0.25) is 0 Å². The van der Waals surface area contributed by atoms with E-state index < -0.39 is 5.82 Å². The van der Waals surface area contributed by atoms with Gasteiger partial charge >= 0.3 is 0 Å². The third-order valence-electron chi connectivity index (χ3n) is 5.28. The number of aromatic nitrogens is 2. The molecule has 0 radical (unpaired) electrons. The number of likely N-dealkylation sites (tertiary alicyclic amines) is 1. The van der Waals surface area contributed by atoms with Crippen LogP contribution in [0.1, 0.15) is 19.3 Å². The van der Waals surface area contributed by atoms with Gasteiger partial charge in [0.15, 0.2) is 11.5 Å². The van der Waals surface area contributed by atoms with Crippen molar-refractivity contribution in [2.75, 3.05) is 32.1 Å². The van der Waals surface area contributed by atoms with Crippen LogP contribution in [-0.2, 0) is 0 Å². The van der Waals surface area contributed by atoms with Crippen LogP contribution in [0.2, 0.25) is 0 Å². The van der Waals surface area contributed by atoms with Gasteiger partial charge in [0, 0.05) is 29.0 Å². The Labute approximate surface area is 188 Å². The van der Waals surface area contributed by atoms with Crippen LogP contribution in [0.3, 0.4) is 0 Å². The summed E-state index contributed by atoms with van der Waals surface area (Å²) in [6.07, 6.45) is 3.73. The first kappa shape index (κ1) is 21.7. The van der Waals surface area contributed by atoms with Gasteiger partial charge in [-0.2, -0.15) is 0 Å². The summed E-state index contributed by atoms with van der Waals surface area (Å²) in [4.78, 5) is 10.7. The fraction of sp³-hybridized carbons (Fsp3) is 0.364. The van der Waals surface area contributed by atoms with Crippen molar-refractivity contribution in [1.29, 1.82) is 0 Å². The molecule has 2 heterocycles. The Morgan fingerprint density at radius 3 is 2.87 bits per heavy atom. The summed E-state index contributed by atoms with van der Waals surface area (Å²) in [6, 6.07) is 8.36. The van der Waals surface area contributed by atoms with Crippen LogP contribution in [0.4, 0.5) is 15.9 Å². The number of anilines is 2. The van der Waals surface area contributed by atoms with Crippen molar-refractivity contribution in [2.45, 2.75) is 25.5 Å². The lowest BCUT2D eigenvalue weighted by molar-refractivity contribution is 0.0352. The quantitative estimate of drug-likeness (QED) is 0.451. The van der Waals surface area contributed by atoms with Gasteiger partial charge in [-0.05, 0) is 43.5 Å². The number of methoxy groups -OCH3 is 1. The number of nitrogens with zero attached hydrogens (tertiary/aromatic N) is 3. The molecule has 7 nitrogen and oxygen atoms in total. The number of rotatable bonds is 8. The summed E-state index contributed by atoms with van der Waals surface area (Å²) in [5, 5.41) is 13.6. The molecule has 0 saturated carbocycles. The lowest BCUT2D eigenvalue weighted by atomic mass is 10.2. The van der Waals surface area contributed by atoms with Crippen LogP contribution in [0, 0.1) is 5.82 Å². The number of fused-ring (bicyclic) bond motifs is 1. The van der Waals surface area contributed by atoms with Gasteiger partial charge in [0.05, 0.1) is 24.9 Å². The van der Waals surface area contributed by atoms with Crippen molar-refractivity contribution >= 4 is 38.3 Å². The first-order valence-electron chi connectivity index (χ1n) is 10.1. The zero-order chi connectivity index (χ0) is 21.8. The number of hydrogen-bond donors (Lipinski definition) is 2. The van der Waals surface area contributed by atoms with Crippen molar-refractivity contribution in [3.05, 3.63) is 46.9 Å². The van der Waals surface area contributed by atoms with Gasteiger partial charge < -0.3 is 19.9 Å². The highest BCUT2D eigenvalue weighted by molar-refractivity contribution is 9.10. The first-order chi connectivity index (χ1) is 15.0. The van der Waals surface area contributed by atoms with Crippen molar-refractivity contribution < 1.29 is 19.0 Å². The molecule has 0 aliphatic carbocycles. The van der Waals surface area contributed by atoms with Crippen molar-refractivity contribution in [3.63, 3.8) is 0 Å². The van der Waals surface area contributed by atoms with E-state index in [0.29, 0.717) is 45.0 Å². The van der Waals surface area contributed by atoms with E-state index in [1.807, 2.05) is 0 Å². The van der Waals surface area contributed by atoms with Crippen LogP contribution in [0.25, 0.3) is 10.9 Å². The summed E-state index contributed by atoms with van der Waals surface area (Å²) < 4.78 is 26.4. The molecule has 4 rings (SSSR count). The van der Waals surface area contributed by atoms with E-state index >= 15 is 0 Å². The molecule has 164 valence electrons. The summed E-state index contributed by atoms with van der Waals surface area (Å²) in [6.45, 7) is 2.20. The Kier molecular flexibility index (Phi) is 6.84. The summed E-state index contributed by atoms with van der Waals surface area (Å²) in [7, 11) is 1.57. The molecule has 1 aliphatic rings. The van der Waals surface area contributed by atoms with E-state index in [-0.39, 0.29) is 6.23 Å². The molecule has 9 heteroatoms. The average molecular weight is 491 g/mol. The van der Waals surface area contributed by atoms with Crippen LogP contribution in [0.15, 0.2) is 41.1 Å². The summed E-state index contributed by atoms with van der Waals surface area (Å²) >= 11 is 3.26. The Morgan fingerprint density at radius 1 is 1.26 bits per heavy atom. The molecule has 3 aromatic rings. The van der Waals surface area contributed by atoms with E-state index in [1.54, 1.807) is 31.4 Å². The SMILES string of the molecule is COc1cc2c(Nc3ccc(Br)cc3F)ncnc2cc1OCCCN1CCCC1O. The molecule has 2 N–H and O–H groups in total. The fourth-order valence-corrected chi connectivity index (χ4v) is 4.01. The minimum absolute atomic E-state index is 0.312. The van der Waals surface area contributed by atoms with E-state index in [4.69, 9.17) is 9.47 Å². The zero-order valence-electron chi connectivity index (χ0n) is 17.1. The van der Waals surface area contributed by atoms with Gasteiger partial charge in [-0.3, -0.25) is 4.90 Å². The average Bonchev–Trinajstić information content (AvgIpc) is 3.17. The minimum Gasteiger partial charge on any atom is -0.493 e. The maximum absolute atomic E-state index is 14.3. The number of halogens is 2. The number of benzene rings is 2.